The molecule has 0 aliphatic rings. The molecule has 0 bridgehead atoms. The highest BCUT2D eigenvalue weighted by Crippen LogP contribution is 2.26. The van der Waals surface area contributed by atoms with E-state index in [2.05, 4.69) is 12.2 Å². The number of pyridine rings is 1. The van der Waals surface area contributed by atoms with Crippen molar-refractivity contribution in [3.8, 4) is 11.3 Å². The molecule has 3 rings (SSSR count). The Balaban J connectivity index is 1.96. The van der Waals surface area contributed by atoms with E-state index in [4.69, 9.17) is 16.6 Å². The van der Waals surface area contributed by atoms with Crippen molar-refractivity contribution in [1.82, 2.24) is 14.7 Å². The van der Waals surface area contributed by atoms with Gasteiger partial charge in [0.2, 0.25) is 5.91 Å². The van der Waals surface area contributed by atoms with Gasteiger partial charge >= 0.3 is 0 Å². The molecule has 2 heterocycles. The quantitative estimate of drug-likeness (QED) is 0.686. The van der Waals surface area contributed by atoms with E-state index in [9.17, 15) is 4.79 Å². The molecular formula is C19H20ClN3O. The predicted molar refractivity (Wildman–Crippen MR) is 97.3 cm³/mol. The first-order valence-corrected chi connectivity index (χ1v) is 8.55. The Labute approximate surface area is 146 Å². The molecule has 24 heavy (non-hydrogen) atoms. The number of unbranched alkanes of at least 4 members (excludes halogenated alkanes) is 1. The van der Waals surface area contributed by atoms with E-state index in [1.54, 1.807) is 0 Å². The normalized spacial score (nSPS) is 10.9. The van der Waals surface area contributed by atoms with Crippen LogP contribution in [-0.4, -0.2) is 21.8 Å². The summed E-state index contributed by atoms with van der Waals surface area (Å²) in [5.74, 6) is 0.0179. The molecule has 0 radical (unpaired) electrons. The first kappa shape index (κ1) is 16.5. The number of nitrogens with zero attached hydrogens (tertiary/aromatic N) is 2. The Kier molecular flexibility index (Phi) is 5.16. The topological polar surface area (TPSA) is 46.4 Å². The molecule has 0 saturated heterocycles. The van der Waals surface area contributed by atoms with Crippen molar-refractivity contribution in [2.75, 3.05) is 6.54 Å². The van der Waals surface area contributed by atoms with Crippen molar-refractivity contribution in [2.24, 2.45) is 0 Å². The van der Waals surface area contributed by atoms with Crippen molar-refractivity contribution >= 4 is 23.2 Å². The second-order valence-corrected chi connectivity index (χ2v) is 6.16. The number of halogens is 1. The van der Waals surface area contributed by atoms with Crippen molar-refractivity contribution in [2.45, 2.75) is 26.2 Å². The lowest BCUT2D eigenvalue weighted by Crippen LogP contribution is -2.26. The maximum absolute atomic E-state index is 12.3. The number of benzene rings is 1. The van der Waals surface area contributed by atoms with Crippen LogP contribution in [0, 0.1) is 0 Å². The van der Waals surface area contributed by atoms with Gasteiger partial charge in [0.05, 0.1) is 17.8 Å². The van der Waals surface area contributed by atoms with Crippen molar-refractivity contribution in [3.05, 3.63) is 59.4 Å². The van der Waals surface area contributed by atoms with E-state index < -0.39 is 0 Å². The average Bonchev–Trinajstić information content (AvgIpc) is 2.94. The lowest BCUT2D eigenvalue weighted by molar-refractivity contribution is -0.120. The molecule has 0 aliphatic carbocycles. The van der Waals surface area contributed by atoms with Gasteiger partial charge in [0.1, 0.15) is 5.65 Å². The van der Waals surface area contributed by atoms with Crippen LogP contribution in [0.15, 0.2) is 48.7 Å². The molecule has 1 aromatic carbocycles. The molecule has 0 unspecified atom stereocenters. The summed E-state index contributed by atoms with van der Waals surface area (Å²) >= 11 is 5.98. The number of amides is 1. The lowest BCUT2D eigenvalue weighted by Gasteiger charge is -2.07. The zero-order valence-corrected chi connectivity index (χ0v) is 14.4. The summed E-state index contributed by atoms with van der Waals surface area (Å²) in [4.78, 5) is 17.0. The van der Waals surface area contributed by atoms with Gasteiger partial charge in [0, 0.05) is 23.3 Å². The highest BCUT2D eigenvalue weighted by Gasteiger charge is 2.16. The highest BCUT2D eigenvalue weighted by molar-refractivity contribution is 6.30. The summed E-state index contributed by atoms with van der Waals surface area (Å²) in [5, 5.41) is 3.66. The van der Waals surface area contributed by atoms with Crippen LogP contribution in [0.3, 0.4) is 0 Å². The summed E-state index contributed by atoms with van der Waals surface area (Å²) in [6, 6.07) is 13.4. The standard InChI is InChI=1S/C19H20ClN3O/c1-2-3-11-21-18(24)13-16-19(14-7-9-15(20)10-8-14)22-17-6-4-5-12-23(16)17/h4-10,12H,2-3,11,13H2,1H3,(H,21,24). The number of hydrogen-bond acceptors (Lipinski definition) is 2. The summed E-state index contributed by atoms with van der Waals surface area (Å²) in [6.07, 6.45) is 4.29. The Morgan fingerprint density at radius 2 is 2.00 bits per heavy atom. The average molecular weight is 342 g/mol. The molecule has 0 fully saturated rings. The van der Waals surface area contributed by atoms with Crippen LogP contribution >= 0.6 is 11.6 Å². The van der Waals surface area contributed by atoms with Crippen LogP contribution < -0.4 is 5.32 Å². The van der Waals surface area contributed by atoms with Crippen LogP contribution in [0.5, 0.6) is 0 Å². The van der Waals surface area contributed by atoms with E-state index in [1.807, 2.05) is 53.1 Å². The van der Waals surface area contributed by atoms with Gasteiger partial charge in [-0.25, -0.2) is 4.98 Å². The molecule has 0 spiro atoms. The first-order chi connectivity index (χ1) is 11.7. The minimum atomic E-state index is 0.0179. The number of carbonyl (C=O) groups excluding carboxylic acids is 1. The maximum Gasteiger partial charge on any atom is 0.226 e. The van der Waals surface area contributed by atoms with Crippen LogP contribution in [0.1, 0.15) is 25.5 Å². The van der Waals surface area contributed by atoms with Crippen molar-refractivity contribution < 1.29 is 4.79 Å². The zero-order valence-electron chi connectivity index (χ0n) is 13.6. The fourth-order valence-electron chi connectivity index (χ4n) is 2.67. The monoisotopic (exact) mass is 341 g/mol. The number of carbonyl (C=O) groups is 1. The lowest BCUT2D eigenvalue weighted by atomic mass is 10.1. The number of nitrogens with one attached hydrogen (secondary N) is 1. The predicted octanol–water partition coefficient (Wildman–Crippen LogP) is 4.11. The van der Waals surface area contributed by atoms with Gasteiger partial charge in [-0.2, -0.15) is 0 Å². The number of hydrogen-bond donors (Lipinski definition) is 1. The van der Waals surface area contributed by atoms with Gasteiger partial charge in [0.15, 0.2) is 0 Å². The van der Waals surface area contributed by atoms with Crippen LogP contribution in [-0.2, 0) is 11.2 Å². The Bertz CT molecular complexity index is 839. The second-order valence-electron chi connectivity index (χ2n) is 5.72. The number of fused-ring (bicyclic) bond motifs is 1. The zero-order chi connectivity index (χ0) is 16.9. The number of aromatic nitrogens is 2. The Morgan fingerprint density at radius 1 is 1.21 bits per heavy atom. The molecule has 0 aliphatic heterocycles. The van der Waals surface area contributed by atoms with Crippen LogP contribution in [0.2, 0.25) is 5.02 Å². The first-order valence-electron chi connectivity index (χ1n) is 8.17. The van der Waals surface area contributed by atoms with E-state index in [-0.39, 0.29) is 5.91 Å². The second kappa shape index (κ2) is 7.49. The van der Waals surface area contributed by atoms with Crippen LogP contribution in [0.4, 0.5) is 0 Å². The van der Waals surface area contributed by atoms with E-state index in [0.29, 0.717) is 18.0 Å². The summed E-state index contributed by atoms with van der Waals surface area (Å²) in [6.45, 7) is 2.82. The maximum atomic E-state index is 12.3. The molecule has 1 N–H and O–H groups in total. The van der Waals surface area contributed by atoms with Gasteiger partial charge < -0.3 is 9.72 Å². The molecular weight excluding hydrogens is 322 g/mol. The third-order valence-corrected chi connectivity index (χ3v) is 4.18. The molecule has 4 nitrogen and oxygen atoms in total. The van der Waals surface area contributed by atoms with Crippen molar-refractivity contribution in [3.63, 3.8) is 0 Å². The minimum Gasteiger partial charge on any atom is -0.356 e. The van der Waals surface area contributed by atoms with Gasteiger partial charge in [-0.1, -0.05) is 43.1 Å². The van der Waals surface area contributed by atoms with Crippen LogP contribution in [0.25, 0.3) is 16.9 Å². The van der Waals surface area contributed by atoms with Gasteiger partial charge in [-0.15, -0.1) is 0 Å². The Hall–Kier alpha value is -2.33. The molecule has 0 saturated carbocycles. The number of imidazole rings is 1. The smallest absolute Gasteiger partial charge is 0.226 e. The summed E-state index contributed by atoms with van der Waals surface area (Å²) < 4.78 is 1.98. The van der Waals surface area contributed by atoms with E-state index in [0.717, 1.165) is 35.4 Å². The fourth-order valence-corrected chi connectivity index (χ4v) is 2.80. The Morgan fingerprint density at radius 3 is 2.75 bits per heavy atom. The minimum absolute atomic E-state index is 0.0179. The van der Waals surface area contributed by atoms with Gasteiger partial charge in [-0.05, 0) is 30.7 Å². The fraction of sp³-hybridized carbons (Fsp3) is 0.263. The van der Waals surface area contributed by atoms with Gasteiger partial charge in [0.25, 0.3) is 0 Å². The molecule has 124 valence electrons. The number of rotatable bonds is 6. The highest BCUT2D eigenvalue weighted by atomic mass is 35.5. The molecule has 1 amide bonds. The third kappa shape index (κ3) is 3.60. The SMILES string of the molecule is CCCCNC(=O)Cc1c(-c2ccc(Cl)cc2)nc2ccccn12. The van der Waals surface area contributed by atoms with Gasteiger partial charge in [-0.3, -0.25) is 4.79 Å². The third-order valence-electron chi connectivity index (χ3n) is 3.93. The van der Waals surface area contributed by atoms with E-state index >= 15 is 0 Å². The molecule has 5 heteroatoms. The summed E-state index contributed by atoms with van der Waals surface area (Å²) in [7, 11) is 0. The van der Waals surface area contributed by atoms with Crippen molar-refractivity contribution in [1.29, 1.82) is 0 Å². The van der Waals surface area contributed by atoms with E-state index in [1.165, 1.54) is 0 Å². The molecule has 3 aromatic rings. The summed E-state index contributed by atoms with van der Waals surface area (Å²) in [5.41, 5.74) is 3.50. The molecule has 2 aromatic heterocycles. The largest absolute Gasteiger partial charge is 0.356 e. The molecule has 0 atom stereocenters.